The number of rotatable bonds is 9. The number of sulfonamides is 1. The van der Waals surface area contributed by atoms with Crippen molar-refractivity contribution in [2.24, 2.45) is 0 Å². The number of amides is 1. The highest BCUT2D eigenvalue weighted by Crippen LogP contribution is 2.25. The molecule has 1 atom stereocenters. The summed E-state index contributed by atoms with van der Waals surface area (Å²) in [7, 11) is -3.38. The summed E-state index contributed by atoms with van der Waals surface area (Å²) in [4.78, 5) is 12.2. The van der Waals surface area contributed by atoms with E-state index in [1.165, 1.54) is 0 Å². The van der Waals surface area contributed by atoms with Gasteiger partial charge in [0, 0.05) is 11.6 Å². The second-order valence-electron chi connectivity index (χ2n) is 5.78. The van der Waals surface area contributed by atoms with E-state index in [0.29, 0.717) is 12.1 Å². The molecule has 0 radical (unpaired) electrons. The average molecular weight is 386 g/mol. The normalized spacial score (nSPS) is 12.9. The fraction of sp³-hybridized carbons (Fsp3) is 0.438. The van der Waals surface area contributed by atoms with Crippen LogP contribution in [0.1, 0.15) is 6.42 Å². The van der Waals surface area contributed by atoms with Gasteiger partial charge in [0.1, 0.15) is 6.54 Å². The van der Waals surface area contributed by atoms with Gasteiger partial charge in [-0.15, -0.1) is 0 Å². The minimum Gasteiger partial charge on any atom is -0.394 e. The monoisotopic (exact) mass is 385 g/mol. The Morgan fingerprint density at radius 3 is 2.76 bits per heavy atom. The highest BCUT2D eigenvalue weighted by atomic mass is 32.2. The van der Waals surface area contributed by atoms with Crippen molar-refractivity contribution in [1.29, 1.82) is 0 Å². The van der Waals surface area contributed by atoms with E-state index >= 15 is 0 Å². The minimum absolute atomic E-state index is 0.0961. The molecule has 1 aromatic heterocycles. The van der Waals surface area contributed by atoms with E-state index in [4.69, 9.17) is 0 Å². The maximum absolute atomic E-state index is 12.2. The van der Waals surface area contributed by atoms with Crippen LogP contribution in [0.3, 0.4) is 0 Å². The largest absolute Gasteiger partial charge is 0.394 e. The van der Waals surface area contributed by atoms with Crippen molar-refractivity contribution in [3.8, 4) is 0 Å². The van der Waals surface area contributed by atoms with Gasteiger partial charge in [0.05, 0.1) is 30.1 Å². The van der Waals surface area contributed by atoms with Crippen molar-refractivity contribution in [3.63, 3.8) is 0 Å². The molecule has 0 saturated carbocycles. The SMILES string of the molecule is CSCC[C@H](CO)NC(=O)Cn1ccc2c(NS(C)(=O)=O)cccc21. The molecule has 0 spiro atoms. The molecule has 0 saturated heterocycles. The topological polar surface area (TPSA) is 100 Å². The molecule has 1 amide bonds. The van der Waals surface area contributed by atoms with Gasteiger partial charge in [-0.3, -0.25) is 9.52 Å². The lowest BCUT2D eigenvalue weighted by Gasteiger charge is -2.16. The number of nitrogens with one attached hydrogen (secondary N) is 2. The molecule has 25 heavy (non-hydrogen) atoms. The first-order valence-electron chi connectivity index (χ1n) is 7.79. The summed E-state index contributed by atoms with van der Waals surface area (Å²) < 4.78 is 27.2. The van der Waals surface area contributed by atoms with Crippen LogP contribution in [0.15, 0.2) is 30.5 Å². The smallest absolute Gasteiger partial charge is 0.240 e. The molecule has 138 valence electrons. The van der Waals surface area contributed by atoms with Gasteiger partial charge < -0.3 is 15.0 Å². The fourth-order valence-corrected chi connectivity index (χ4v) is 3.64. The van der Waals surface area contributed by atoms with Crippen molar-refractivity contribution in [2.45, 2.75) is 19.0 Å². The van der Waals surface area contributed by atoms with Crippen molar-refractivity contribution in [3.05, 3.63) is 30.5 Å². The number of benzene rings is 1. The first-order valence-corrected chi connectivity index (χ1v) is 11.1. The summed E-state index contributed by atoms with van der Waals surface area (Å²) in [5, 5.41) is 12.9. The fourth-order valence-electron chi connectivity index (χ4n) is 2.55. The quantitative estimate of drug-likeness (QED) is 0.603. The first-order chi connectivity index (χ1) is 11.8. The number of hydrogen-bond acceptors (Lipinski definition) is 5. The molecule has 0 aliphatic carbocycles. The van der Waals surface area contributed by atoms with Gasteiger partial charge in [0.25, 0.3) is 0 Å². The molecule has 2 rings (SSSR count). The number of fused-ring (bicyclic) bond motifs is 1. The number of nitrogens with zero attached hydrogens (tertiary/aromatic N) is 1. The molecular weight excluding hydrogens is 362 g/mol. The third kappa shape index (κ3) is 5.65. The van der Waals surface area contributed by atoms with Gasteiger partial charge in [-0.2, -0.15) is 11.8 Å². The van der Waals surface area contributed by atoms with Crippen molar-refractivity contribution in [1.82, 2.24) is 9.88 Å². The van der Waals surface area contributed by atoms with Gasteiger partial charge in [-0.25, -0.2) is 8.42 Å². The summed E-state index contributed by atoms with van der Waals surface area (Å²) in [5.74, 6) is 0.664. The molecule has 0 unspecified atom stereocenters. The summed E-state index contributed by atoms with van der Waals surface area (Å²) >= 11 is 1.66. The van der Waals surface area contributed by atoms with Gasteiger partial charge >= 0.3 is 0 Å². The van der Waals surface area contributed by atoms with Gasteiger partial charge in [-0.1, -0.05) is 6.07 Å². The Morgan fingerprint density at radius 1 is 1.36 bits per heavy atom. The predicted molar refractivity (Wildman–Crippen MR) is 102 cm³/mol. The third-order valence-electron chi connectivity index (χ3n) is 3.68. The summed E-state index contributed by atoms with van der Waals surface area (Å²) in [5.41, 5.74) is 1.24. The van der Waals surface area contributed by atoms with Crippen LogP contribution in [0.4, 0.5) is 5.69 Å². The lowest BCUT2D eigenvalue weighted by molar-refractivity contribution is -0.122. The number of thioether (sulfide) groups is 1. The molecule has 0 aliphatic heterocycles. The van der Waals surface area contributed by atoms with E-state index in [2.05, 4.69) is 10.0 Å². The van der Waals surface area contributed by atoms with Crippen LogP contribution in [0, 0.1) is 0 Å². The molecule has 0 bridgehead atoms. The molecule has 9 heteroatoms. The molecule has 0 fully saturated rings. The second-order valence-corrected chi connectivity index (χ2v) is 8.52. The molecule has 1 heterocycles. The Balaban J connectivity index is 2.14. The number of aliphatic hydroxyl groups excluding tert-OH is 1. The number of hydrogen-bond donors (Lipinski definition) is 3. The maximum atomic E-state index is 12.2. The Labute approximate surface area is 151 Å². The van der Waals surface area contributed by atoms with E-state index < -0.39 is 10.0 Å². The lowest BCUT2D eigenvalue weighted by Crippen LogP contribution is -2.39. The summed E-state index contributed by atoms with van der Waals surface area (Å²) in [6.07, 6.45) is 5.52. The number of aromatic nitrogens is 1. The van der Waals surface area contributed by atoms with Gasteiger partial charge in [0.15, 0.2) is 0 Å². The van der Waals surface area contributed by atoms with E-state index in [0.717, 1.165) is 22.9 Å². The molecular formula is C16H23N3O4S2. The molecule has 0 aliphatic rings. The van der Waals surface area contributed by atoms with Crippen LogP contribution in [-0.2, 0) is 21.4 Å². The minimum atomic E-state index is -3.38. The number of anilines is 1. The number of aliphatic hydroxyl groups is 1. The zero-order chi connectivity index (χ0) is 18.4. The van der Waals surface area contributed by atoms with Gasteiger partial charge in [-0.05, 0) is 36.6 Å². The highest BCUT2D eigenvalue weighted by molar-refractivity contribution is 7.98. The van der Waals surface area contributed by atoms with E-state index in [-0.39, 0.29) is 25.1 Å². The Hall–Kier alpha value is -1.71. The van der Waals surface area contributed by atoms with Crippen LogP contribution < -0.4 is 10.0 Å². The number of carbonyl (C=O) groups excluding carboxylic acids is 1. The second kappa shape index (κ2) is 8.59. The van der Waals surface area contributed by atoms with Crippen LogP contribution in [-0.4, -0.2) is 54.9 Å². The standard InChI is InChI=1S/C16H23N3O4S2/c1-24-9-7-12(11-20)17-16(21)10-19-8-6-13-14(18-25(2,22)23)4-3-5-15(13)19/h3-6,8,12,18,20H,7,9-11H2,1-2H3,(H,17,21)/t12-/m1/s1. The molecule has 3 N–H and O–H groups in total. The Kier molecular flexibility index (Phi) is 6.74. The zero-order valence-electron chi connectivity index (χ0n) is 14.2. The Morgan fingerprint density at radius 2 is 2.12 bits per heavy atom. The van der Waals surface area contributed by atoms with E-state index in [1.54, 1.807) is 40.7 Å². The van der Waals surface area contributed by atoms with Gasteiger partial charge in [0.2, 0.25) is 15.9 Å². The van der Waals surface area contributed by atoms with Crippen molar-refractivity contribution < 1.29 is 18.3 Å². The number of carbonyl (C=O) groups is 1. The predicted octanol–water partition coefficient (Wildman–Crippen LogP) is 1.24. The molecule has 7 nitrogen and oxygen atoms in total. The van der Waals surface area contributed by atoms with Crippen LogP contribution in [0.25, 0.3) is 10.9 Å². The maximum Gasteiger partial charge on any atom is 0.240 e. The molecule has 2 aromatic rings. The summed E-state index contributed by atoms with van der Waals surface area (Å²) in [6, 6.07) is 6.75. The lowest BCUT2D eigenvalue weighted by atomic mass is 10.2. The van der Waals surface area contributed by atoms with Crippen LogP contribution in [0.2, 0.25) is 0 Å². The third-order valence-corrected chi connectivity index (χ3v) is 4.91. The molecule has 1 aromatic carbocycles. The average Bonchev–Trinajstić information content (AvgIpc) is 2.94. The first kappa shape index (κ1) is 19.6. The Bertz CT molecular complexity index is 833. The summed E-state index contributed by atoms with van der Waals surface area (Å²) in [6.45, 7) is 0.00273. The van der Waals surface area contributed by atoms with E-state index in [1.807, 2.05) is 12.3 Å². The van der Waals surface area contributed by atoms with Crippen molar-refractivity contribution >= 4 is 44.3 Å². The van der Waals surface area contributed by atoms with E-state index in [9.17, 15) is 18.3 Å². The van der Waals surface area contributed by atoms with Crippen LogP contribution in [0.5, 0.6) is 0 Å². The highest BCUT2D eigenvalue weighted by Gasteiger charge is 2.14. The van der Waals surface area contributed by atoms with Crippen molar-refractivity contribution in [2.75, 3.05) is 29.6 Å². The van der Waals surface area contributed by atoms with Crippen LogP contribution >= 0.6 is 11.8 Å². The zero-order valence-corrected chi connectivity index (χ0v) is 15.9.